The van der Waals surface area contributed by atoms with Gasteiger partial charge in [-0.1, -0.05) is 19.1 Å². The van der Waals surface area contributed by atoms with Gasteiger partial charge in [0.2, 0.25) is 0 Å². The highest BCUT2D eigenvalue weighted by atomic mass is 19.1. The Morgan fingerprint density at radius 3 is 2.73 bits per heavy atom. The smallest absolute Gasteiger partial charge is 0.165 e. The minimum atomic E-state index is -0.494. The van der Waals surface area contributed by atoms with Crippen molar-refractivity contribution in [2.75, 3.05) is 13.2 Å². The van der Waals surface area contributed by atoms with Crippen molar-refractivity contribution >= 4 is 0 Å². The van der Waals surface area contributed by atoms with Gasteiger partial charge in [-0.2, -0.15) is 0 Å². The largest absolute Gasteiger partial charge is 0.490 e. The van der Waals surface area contributed by atoms with Crippen LogP contribution in [0.5, 0.6) is 5.75 Å². The molecule has 2 N–H and O–H groups in total. The lowest BCUT2D eigenvalue weighted by Crippen LogP contribution is -2.13. The minimum absolute atomic E-state index is 0.0110. The summed E-state index contributed by atoms with van der Waals surface area (Å²) in [5.41, 5.74) is 0.417. The molecular formula is C11H15FO3. The minimum Gasteiger partial charge on any atom is -0.490 e. The van der Waals surface area contributed by atoms with E-state index in [1.54, 1.807) is 13.0 Å². The zero-order chi connectivity index (χ0) is 11.3. The second kappa shape index (κ2) is 5.68. The van der Waals surface area contributed by atoms with Crippen molar-refractivity contribution in [1.29, 1.82) is 0 Å². The summed E-state index contributed by atoms with van der Waals surface area (Å²) in [5.74, 6) is -0.483. The van der Waals surface area contributed by atoms with Crippen LogP contribution in [0.15, 0.2) is 18.2 Å². The molecule has 1 aromatic carbocycles. The molecule has 84 valence electrons. The molecule has 0 heterocycles. The average Bonchev–Trinajstić information content (AvgIpc) is 2.26. The highest BCUT2D eigenvalue weighted by Gasteiger charge is 2.10. The van der Waals surface area contributed by atoms with E-state index in [4.69, 9.17) is 14.9 Å². The first kappa shape index (κ1) is 11.9. The van der Waals surface area contributed by atoms with Crippen molar-refractivity contribution in [3.8, 4) is 5.75 Å². The summed E-state index contributed by atoms with van der Waals surface area (Å²) in [6.07, 6.45) is 0. The molecule has 0 saturated carbocycles. The van der Waals surface area contributed by atoms with Crippen LogP contribution in [-0.4, -0.2) is 23.4 Å². The fourth-order valence-corrected chi connectivity index (χ4v) is 1.12. The Bertz CT molecular complexity index is 315. The summed E-state index contributed by atoms with van der Waals surface area (Å²) < 4.78 is 18.5. The number of aliphatic hydroxyl groups is 2. The van der Waals surface area contributed by atoms with Crippen LogP contribution in [0.25, 0.3) is 0 Å². The van der Waals surface area contributed by atoms with Crippen LogP contribution < -0.4 is 4.74 Å². The van der Waals surface area contributed by atoms with Gasteiger partial charge < -0.3 is 14.9 Å². The fraction of sp³-hybridized carbons (Fsp3) is 0.455. The first-order chi connectivity index (χ1) is 7.19. The van der Waals surface area contributed by atoms with Crippen molar-refractivity contribution in [3.05, 3.63) is 29.6 Å². The molecule has 0 amide bonds. The maximum Gasteiger partial charge on any atom is 0.165 e. The number of para-hydroxylation sites is 1. The van der Waals surface area contributed by atoms with E-state index in [0.717, 1.165) is 0 Å². The lowest BCUT2D eigenvalue weighted by molar-refractivity contribution is 0.167. The van der Waals surface area contributed by atoms with Gasteiger partial charge in [0.15, 0.2) is 11.6 Å². The molecule has 1 rings (SSSR count). The van der Waals surface area contributed by atoms with Gasteiger partial charge in [-0.3, -0.25) is 0 Å². The Morgan fingerprint density at radius 1 is 1.40 bits per heavy atom. The van der Waals surface area contributed by atoms with Gasteiger partial charge in [-0.15, -0.1) is 0 Å². The van der Waals surface area contributed by atoms with E-state index in [2.05, 4.69) is 0 Å². The number of aliphatic hydroxyl groups excluding tert-OH is 2. The molecule has 0 radical (unpaired) electrons. The molecule has 1 unspecified atom stereocenters. The Kier molecular flexibility index (Phi) is 4.52. The summed E-state index contributed by atoms with van der Waals surface area (Å²) in [6, 6.07) is 4.39. The first-order valence-corrected chi connectivity index (χ1v) is 4.81. The number of halogens is 1. The van der Waals surface area contributed by atoms with Crippen molar-refractivity contribution in [1.82, 2.24) is 0 Å². The first-order valence-electron chi connectivity index (χ1n) is 4.81. The third-order valence-electron chi connectivity index (χ3n) is 2.04. The molecule has 0 bridgehead atoms. The van der Waals surface area contributed by atoms with E-state index >= 15 is 0 Å². The van der Waals surface area contributed by atoms with Crippen molar-refractivity contribution in [2.45, 2.75) is 13.5 Å². The highest BCUT2D eigenvalue weighted by Crippen LogP contribution is 2.23. The maximum atomic E-state index is 13.3. The van der Waals surface area contributed by atoms with Crippen molar-refractivity contribution in [3.63, 3.8) is 0 Å². The van der Waals surface area contributed by atoms with E-state index in [1.165, 1.54) is 12.1 Å². The topological polar surface area (TPSA) is 49.7 Å². The second-order valence-electron chi connectivity index (χ2n) is 3.48. The van der Waals surface area contributed by atoms with Crippen molar-refractivity contribution < 1.29 is 19.3 Å². The van der Waals surface area contributed by atoms with Gasteiger partial charge >= 0.3 is 0 Å². The maximum absolute atomic E-state index is 13.3. The van der Waals surface area contributed by atoms with Crippen LogP contribution in [0, 0.1) is 11.7 Å². The standard InChI is InChI=1S/C11H15FO3/c1-8(5-13)7-15-11-9(6-14)3-2-4-10(11)12/h2-4,8,13-14H,5-7H2,1H3. The molecule has 4 heteroatoms. The molecule has 0 aliphatic carbocycles. The van der Waals surface area contributed by atoms with E-state index in [-0.39, 0.29) is 31.5 Å². The molecule has 0 saturated heterocycles. The third kappa shape index (κ3) is 3.18. The molecule has 1 atom stereocenters. The molecule has 3 nitrogen and oxygen atoms in total. The van der Waals surface area contributed by atoms with Crippen LogP contribution in [0.3, 0.4) is 0 Å². The van der Waals surface area contributed by atoms with Gasteiger partial charge in [0.1, 0.15) is 0 Å². The summed E-state index contributed by atoms with van der Waals surface area (Å²) >= 11 is 0. The SMILES string of the molecule is CC(CO)COc1c(F)cccc1CO. The van der Waals surface area contributed by atoms with Gasteiger partial charge in [0, 0.05) is 18.1 Å². The highest BCUT2D eigenvalue weighted by molar-refractivity contribution is 5.34. The average molecular weight is 214 g/mol. The van der Waals surface area contributed by atoms with E-state index in [1.807, 2.05) is 0 Å². The van der Waals surface area contributed by atoms with Crippen LogP contribution in [-0.2, 0) is 6.61 Å². The summed E-state index contributed by atoms with van der Waals surface area (Å²) in [6.45, 7) is 1.74. The normalized spacial score (nSPS) is 12.5. The quantitative estimate of drug-likeness (QED) is 0.777. The molecule has 0 aliphatic heterocycles. The van der Waals surface area contributed by atoms with Crippen LogP contribution in [0.2, 0.25) is 0 Å². The molecule has 0 fully saturated rings. The van der Waals surface area contributed by atoms with Crippen LogP contribution in [0.4, 0.5) is 4.39 Å². The summed E-state index contributed by atoms with van der Waals surface area (Å²) in [7, 11) is 0. The predicted octanol–water partition coefficient (Wildman–Crippen LogP) is 1.33. The molecule has 0 aliphatic rings. The predicted molar refractivity (Wildman–Crippen MR) is 54.1 cm³/mol. The van der Waals surface area contributed by atoms with Gasteiger partial charge in [-0.25, -0.2) is 4.39 Å². The summed E-state index contributed by atoms with van der Waals surface area (Å²) in [4.78, 5) is 0. The molecular weight excluding hydrogens is 199 g/mol. The van der Waals surface area contributed by atoms with E-state index in [0.29, 0.717) is 5.56 Å². The van der Waals surface area contributed by atoms with E-state index < -0.39 is 5.82 Å². The number of hydrogen-bond donors (Lipinski definition) is 2. The lowest BCUT2D eigenvalue weighted by atomic mass is 10.2. The van der Waals surface area contributed by atoms with Crippen LogP contribution >= 0.6 is 0 Å². The Labute approximate surface area is 88.1 Å². The Balaban J connectivity index is 2.74. The second-order valence-corrected chi connectivity index (χ2v) is 3.48. The molecule has 1 aromatic rings. The Morgan fingerprint density at radius 2 is 2.13 bits per heavy atom. The molecule has 15 heavy (non-hydrogen) atoms. The Hall–Kier alpha value is -1.13. The molecule has 0 spiro atoms. The number of ether oxygens (including phenoxy) is 1. The third-order valence-corrected chi connectivity index (χ3v) is 2.04. The lowest BCUT2D eigenvalue weighted by Gasteiger charge is -2.13. The monoisotopic (exact) mass is 214 g/mol. The summed E-state index contributed by atoms with van der Waals surface area (Å²) in [5, 5.41) is 17.8. The van der Waals surface area contributed by atoms with Gasteiger partial charge in [-0.05, 0) is 6.07 Å². The van der Waals surface area contributed by atoms with Crippen molar-refractivity contribution in [2.24, 2.45) is 5.92 Å². The van der Waals surface area contributed by atoms with Gasteiger partial charge in [0.25, 0.3) is 0 Å². The number of rotatable bonds is 5. The van der Waals surface area contributed by atoms with Gasteiger partial charge in [0.05, 0.1) is 13.2 Å². The number of benzene rings is 1. The zero-order valence-corrected chi connectivity index (χ0v) is 8.61. The van der Waals surface area contributed by atoms with E-state index in [9.17, 15) is 4.39 Å². The molecule has 0 aromatic heterocycles. The number of hydrogen-bond acceptors (Lipinski definition) is 3. The zero-order valence-electron chi connectivity index (χ0n) is 8.61. The fourth-order valence-electron chi connectivity index (χ4n) is 1.12. The van der Waals surface area contributed by atoms with Crippen LogP contribution in [0.1, 0.15) is 12.5 Å².